The number of hydrogen-bond acceptors (Lipinski definition) is 3. The van der Waals surface area contributed by atoms with E-state index in [9.17, 15) is 9.90 Å². The Morgan fingerprint density at radius 3 is 2.73 bits per heavy atom. The molecule has 2 aromatic rings. The molecule has 0 saturated heterocycles. The molecule has 22 heavy (non-hydrogen) atoms. The number of pyridine rings is 1. The summed E-state index contributed by atoms with van der Waals surface area (Å²) in [6, 6.07) is 9.50. The van der Waals surface area contributed by atoms with Crippen molar-refractivity contribution in [1.29, 1.82) is 0 Å². The third-order valence-corrected chi connectivity index (χ3v) is 4.38. The molecular formula is C18H20N2O2. The van der Waals surface area contributed by atoms with Gasteiger partial charge in [-0.25, -0.2) is 0 Å². The molecule has 1 aromatic heterocycles. The number of hydrogen-bond donors (Lipinski definition) is 2. The Hall–Kier alpha value is -2.20. The molecule has 1 aromatic carbocycles. The molecule has 0 radical (unpaired) electrons. The van der Waals surface area contributed by atoms with Crippen molar-refractivity contribution in [2.45, 2.75) is 32.3 Å². The zero-order valence-electron chi connectivity index (χ0n) is 12.8. The summed E-state index contributed by atoms with van der Waals surface area (Å²) in [6.45, 7) is 3.99. The van der Waals surface area contributed by atoms with Gasteiger partial charge in [0.25, 0.3) is 0 Å². The average molecular weight is 296 g/mol. The van der Waals surface area contributed by atoms with Gasteiger partial charge in [0.2, 0.25) is 5.91 Å². The molecular weight excluding hydrogens is 276 g/mol. The molecule has 1 atom stereocenters. The predicted molar refractivity (Wildman–Crippen MR) is 85.5 cm³/mol. The molecule has 1 aliphatic heterocycles. The summed E-state index contributed by atoms with van der Waals surface area (Å²) in [4.78, 5) is 15.6. The molecule has 4 nitrogen and oxygen atoms in total. The first-order valence-electron chi connectivity index (χ1n) is 7.58. The zero-order chi connectivity index (χ0) is 15.7. The fourth-order valence-electron chi connectivity index (χ4n) is 3.04. The summed E-state index contributed by atoms with van der Waals surface area (Å²) < 4.78 is 0. The van der Waals surface area contributed by atoms with Crippen molar-refractivity contribution < 1.29 is 9.90 Å². The number of aryl methyl sites for hydroxylation is 1. The van der Waals surface area contributed by atoms with Gasteiger partial charge in [-0.1, -0.05) is 32.0 Å². The van der Waals surface area contributed by atoms with E-state index in [0.29, 0.717) is 12.8 Å². The SMILES string of the molecule is CC(C)C(O)(c1cccnc1)c1ccc2c(c1)CCC(=O)N2. The maximum absolute atomic E-state index is 11.5. The Morgan fingerprint density at radius 2 is 2.05 bits per heavy atom. The highest BCUT2D eigenvalue weighted by Gasteiger charge is 2.36. The summed E-state index contributed by atoms with van der Waals surface area (Å²) in [5.74, 6) is 0.0413. The van der Waals surface area contributed by atoms with Gasteiger partial charge in [-0.3, -0.25) is 9.78 Å². The standard InChI is InChI=1S/C18H20N2O2/c1-12(2)18(22,15-4-3-9-19-11-15)14-6-7-16-13(10-14)5-8-17(21)20-16/h3-4,6-7,9-12,22H,5,8H2,1-2H3,(H,20,21). The first-order valence-corrected chi connectivity index (χ1v) is 7.58. The van der Waals surface area contributed by atoms with Crippen LogP contribution in [0.25, 0.3) is 0 Å². The number of anilines is 1. The van der Waals surface area contributed by atoms with Gasteiger partial charge in [0, 0.05) is 30.1 Å². The second-order valence-corrected chi connectivity index (χ2v) is 6.08. The predicted octanol–water partition coefficient (Wildman–Crippen LogP) is 2.86. The van der Waals surface area contributed by atoms with E-state index in [4.69, 9.17) is 0 Å². The molecule has 0 saturated carbocycles. The number of aromatic nitrogens is 1. The highest BCUT2D eigenvalue weighted by molar-refractivity contribution is 5.93. The van der Waals surface area contributed by atoms with Crippen LogP contribution in [0, 0.1) is 5.92 Å². The topological polar surface area (TPSA) is 62.2 Å². The minimum Gasteiger partial charge on any atom is -0.380 e. The van der Waals surface area contributed by atoms with E-state index in [-0.39, 0.29) is 11.8 Å². The van der Waals surface area contributed by atoms with Crippen LogP contribution in [0.4, 0.5) is 5.69 Å². The Labute approximate surface area is 130 Å². The minimum absolute atomic E-state index is 0.00654. The van der Waals surface area contributed by atoms with Crippen LogP contribution in [0.5, 0.6) is 0 Å². The summed E-state index contributed by atoms with van der Waals surface area (Å²) in [5.41, 5.74) is 2.44. The normalized spacial score (nSPS) is 16.8. The van der Waals surface area contributed by atoms with Crippen molar-refractivity contribution in [3.8, 4) is 0 Å². The third-order valence-electron chi connectivity index (χ3n) is 4.38. The van der Waals surface area contributed by atoms with Gasteiger partial charge in [-0.2, -0.15) is 0 Å². The smallest absolute Gasteiger partial charge is 0.224 e. The number of nitrogens with zero attached hydrogens (tertiary/aromatic N) is 1. The van der Waals surface area contributed by atoms with Crippen LogP contribution in [-0.4, -0.2) is 16.0 Å². The summed E-state index contributed by atoms with van der Waals surface area (Å²) >= 11 is 0. The van der Waals surface area contributed by atoms with Gasteiger partial charge in [0.1, 0.15) is 5.60 Å². The minimum atomic E-state index is -1.09. The van der Waals surface area contributed by atoms with E-state index >= 15 is 0 Å². The molecule has 0 fully saturated rings. The first-order chi connectivity index (χ1) is 10.5. The Balaban J connectivity index is 2.09. The number of carbonyl (C=O) groups is 1. The molecule has 0 bridgehead atoms. The van der Waals surface area contributed by atoms with Crippen LogP contribution < -0.4 is 5.32 Å². The van der Waals surface area contributed by atoms with E-state index in [1.54, 1.807) is 12.4 Å². The van der Waals surface area contributed by atoms with Crippen LogP contribution in [0.2, 0.25) is 0 Å². The second-order valence-electron chi connectivity index (χ2n) is 6.08. The number of benzene rings is 1. The molecule has 1 amide bonds. The maximum Gasteiger partial charge on any atom is 0.224 e. The van der Waals surface area contributed by atoms with E-state index in [2.05, 4.69) is 10.3 Å². The fraction of sp³-hybridized carbons (Fsp3) is 0.333. The highest BCUT2D eigenvalue weighted by atomic mass is 16.3. The van der Waals surface area contributed by atoms with Crippen LogP contribution >= 0.6 is 0 Å². The highest BCUT2D eigenvalue weighted by Crippen LogP contribution is 2.38. The van der Waals surface area contributed by atoms with Crippen molar-refractivity contribution in [2.24, 2.45) is 5.92 Å². The Kier molecular flexibility index (Phi) is 3.71. The lowest BCUT2D eigenvalue weighted by molar-refractivity contribution is -0.116. The lowest BCUT2D eigenvalue weighted by atomic mass is 9.77. The number of amides is 1. The van der Waals surface area contributed by atoms with Crippen molar-refractivity contribution >= 4 is 11.6 Å². The van der Waals surface area contributed by atoms with Crippen molar-refractivity contribution in [3.05, 3.63) is 59.4 Å². The summed E-state index contributed by atoms with van der Waals surface area (Å²) in [7, 11) is 0. The van der Waals surface area contributed by atoms with Crippen LogP contribution in [0.1, 0.15) is 37.0 Å². The van der Waals surface area contributed by atoms with Gasteiger partial charge in [0.15, 0.2) is 0 Å². The van der Waals surface area contributed by atoms with E-state index in [1.807, 2.05) is 44.2 Å². The molecule has 0 spiro atoms. The van der Waals surface area contributed by atoms with Gasteiger partial charge < -0.3 is 10.4 Å². The fourth-order valence-corrected chi connectivity index (χ4v) is 3.04. The van der Waals surface area contributed by atoms with E-state index in [0.717, 1.165) is 22.4 Å². The molecule has 2 heterocycles. The van der Waals surface area contributed by atoms with Gasteiger partial charge >= 0.3 is 0 Å². The lowest BCUT2D eigenvalue weighted by Crippen LogP contribution is -2.34. The van der Waals surface area contributed by atoms with E-state index in [1.165, 1.54) is 0 Å². The molecule has 4 heteroatoms. The Morgan fingerprint density at radius 1 is 1.23 bits per heavy atom. The van der Waals surface area contributed by atoms with Crippen LogP contribution in [-0.2, 0) is 16.8 Å². The van der Waals surface area contributed by atoms with Crippen LogP contribution in [0.3, 0.4) is 0 Å². The monoisotopic (exact) mass is 296 g/mol. The number of fused-ring (bicyclic) bond motifs is 1. The third kappa shape index (κ3) is 2.40. The number of aliphatic hydroxyl groups is 1. The van der Waals surface area contributed by atoms with Crippen molar-refractivity contribution in [2.75, 3.05) is 5.32 Å². The first kappa shape index (κ1) is 14.7. The van der Waals surface area contributed by atoms with Gasteiger partial charge in [-0.05, 0) is 35.6 Å². The molecule has 3 rings (SSSR count). The number of nitrogens with one attached hydrogen (secondary N) is 1. The summed E-state index contributed by atoms with van der Waals surface area (Å²) in [6.07, 6.45) is 4.60. The number of carbonyl (C=O) groups excluding carboxylic acids is 1. The quantitative estimate of drug-likeness (QED) is 0.915. The Bertz CT molecular complexity index is 697. The largest absolute Gasteiger partial charge is 0.380 e. The van der Waals surface area contributed by atoms with Crippen molar-refractivity contribution in [3.63, 3.8) is 0 Å². The molecule has 1 aliphatic rings. The lowest BCUT2D eigenvalue weighted by Gasteiger charge is -2.34. The van der Waals surface area contributed by atoms with Crippen molar-refractivity contribution in [1.82, 2.24) is 4.98 Å². The van der Waals surface area contributed by atoms with Crippen LogP contribution in [0.15, 0.2) is 42.7 Å². The van der Waals surface area contributed by atoms with Gasteiger partial charge in [-0.15, -0.1) is 0 Å². The average Bonchev–Trinajstić information content (AvgIpc) is 2.54. The molecule has 2 N–H and O–H groups in total. The molecule has 114 valence electrons. The molecule has 0 aliphatic carbocycles. The second kappa shape index (κ2) is 5.54. The zero-order valence-corrected chi connectivity index (χ0v) is 12.8. The van der Waals surface area contributed by atoms with E-state index < -0.39 is 5.60 Å². The maximum atomic E-state index is 11.5. The molecule has 1 unspecified atom stereocenters. The summed E-state index contributed by atoms with van der Waals surface area (Å²) in [5, 5.41) is 14.2. The van der Waals surface area contributed by atoms with Gasteiger partial charge in [0.05, 0.1) is 0 Å². The number of rotatable bonds is 3.